The fourth-order valence-electron chi connectivity index (χ4n) is 1.93. The van der Waals surface area contributed by atoms with Crippen molar-refractivity contribution < 1.29 is 0 Å². The van der Waals surface area contributed by atoms with Crippen molar-refractivity contribution in [2.45, 2.75) is 0 Å². The van der Waals surface area contributed by atoms with Crippen LogP contribution in [0.2, 0.25) is 0 Å². The zero-order valence-electron chi connectivity index (χ0n) is 8.19. The third-order valence-corrected chi connectivity index (χ3v) is 2.61. The van der Waals surface area contributed by atoms with E-state index in [1.807, 2.05) is 31.3 Å². The number of aromatic amines is 1. The number of H-pyrrole nitrogens is 1. The summed E-state index contributed by atoms with van der Waals surface area (Å²) >= 11 is 0. The van der Waals surface area contributed by atoms with Crippen molar-refractivity contribution in [3.63, 3.8) is 0 Å². The lowest BCUT2D eigenvalue weighted by Crippen LogP contribution is -2.06. The van der Waals surface area contributed by atoms with Crippen LogP contribution >= 0.6 is 0 Å². The molecule has 0 unspecified atom stereocenters. The van der Waals surface area contributed by atoms with E-state index in [1.54, 1.807) is 10.9 Å². The van der Waals surface area contributed by atoms with E-state index in [9.17, 15) is 4.79 Å². The van der Waals surface area contributed by atoms with Gasteiger partial charge in [0.1, 0.15) is 0 Å². The minimum Gasteiger partial charge on any atom is -0.319 e. The molecule has 0 amide bonds. The van der Waals surface area contributed by atoms with Crippen molar-refractivity contribution >= 4 is 21.8 Å². The van der Waals surface area contributed by atoms with Crippen LogP contribution in [0.25, 0.3) is 21.8 Å². The molecule has 3 rings (SSSR count). The maximum atomic E-state index is 11.7. The molecule has 0 spiro atoms. The third kappa shape index (κ3) is 1.01. The number of aromatic nitrogens is 3. The van der Waals surface area contributed by atoms with Crippen molar-refractivity contribution in [3.8, 4) is 0 Å². The fraction of sp³-hybridized carbons (Fsp3) is 0.0909. The molecule has 2 aromatic heterocycles. The van der Waals surface area contributed by atoms with Crippen LogP contribution in [-0.2, 0) is 7.05 Å². The normalized spacial score (nSPS) is 11.3. The second-order valence-corrected chi connectivity index (χ2v) is 3.53. The highest BCUT2D eigenvalue weighted by molar-refractivity contribution is 6.02. The van der Waals surface area contributed by atoms with E-state index >= 15 is 0 Å². The summed E-state index contributed by atoms with van der Waals surface area (Å²) in [6.07, 6.45) is 1.67. The number of rotatable bonds is 0. The topological polar surface area (TPSA) is 50.7 Å². The molecule has 0 bridgehead atoms. The average Bonchev–Trinajstić information content (AvgIpc) is 2.61. The van der Waals surface area contributed by atoms with Crippen molar-refractivity contribution in [3.05, 3.63) is 40.8 Å². The molecule has 0 radical (unpaired) electrons. The standard InChI is InChI=1S/C11H9N3O/c1-14-10-7-4-2-3-5-8(7)11(15)13-9(10)6-12-14/h2-6H,1H3,(H,13,15). The first-order valence-corrected chi connectivity index (χ1v) is 4.70. The number of hydrogen-bond acceptors (Lipinski definition) is 2. The predicted molar refractivity (Wildman–Crippen MR) is 58.8 cm³/mol. The highest BCUT2D eigenvalue weighted by Gasteiger charge is 2.07. The molecular weight excluding hydrogens is 190 g/mol. The molecule has 0 saturated carbocycles. The summed E-state index contributed by atoms with van der Waals surface area (Å²) in [6.45, 7) is 0. The average molecular weight is 199 g/mol. The Morgan fingerprint density at radius 3 is 2.80 bits per heavy atom. The van der Waals surface area contributed by atoms with Gasteiger partial charge in [0.25, 0.3) is 5.56 Å². The first-order chi connectivity index (χ1) is 7.27. The van der Waals surface area contributed by atoms with Gasteiger partial charge in [-0.1, -0.05) is 18.2 Å². The summed E-state index contributed by atoms with van der Waals surface area (Å²) in [5.74, 6) is 0. The van der Waals surface area contributed by atoms with Crippen LogP contribution in [0.1, 0.15) is 0 Å². The highest BCUT2D eigenvalue weighted by atomic mass is 16.1. The van der Waals surface area contributed by atoms with Gasteiger partial charge in [-0.25, -0.2) is 0 Å². The van der Waals surface area contributed by atoms with Gasteiger partial charge in [-0.15, -0.1) is 0 Å². The number of nitrogens with zero attached hydrogens (tertiary/aromatic N) is 2. The van der Waals surface area contributed by atoms with E-state index < -0.39 is 0 Å². The Kier molecular flexibility index (Phi) is 1.48. The molecule has 0 saturated heterocycles. The molecule has 4 nitrogen and oxygen atoms in total. The smallest absolute Gasteiger partial charge is 0.256 e. The molecule has 1 aromatic carbocycles. The summed E-state index contributed by atoms with van der Waals surface area (Å²) in [7, 11) is 1.87. The summed E-state index contributed by atoms with van der Waals surface area (Å²) in [5.41, 5.74) is 1.68. The van der Waals surface area contributed by atoms with Crippen LogP contribution in [0.3, 0.4) is 0 Å². The fourth-order valence-corrected chi connectivity index (χ4v) is 1.93. The van der Waals surface area contributed by atoms with Crippen LogP contribution < -0.4 is 5.56 Å². The zero-order valence-corrected chi connectivity index (χ0v) is 8.19. The minimum atomic E-state index is -0.0638. The summed E-state index contributed by atoms with van der Waals surface area (Å²) < 4.78 is 1.77. The molecule has 4 heteroatoms. The van der Waals surface area contributed by atoms with Crippen molar-refractivity contribution in [2.24, 2.45) is 7.05 Å². The van der Waals surface area contributed by atoms with Gasteiger partial charge in [0.05, 0.1) is 17.2 Å². The molecule has 2 heterocycles. The lowest BCUT2D eigenvalue weighted by Gasteiger charge is -2.00. The second-order valence-electron chi connectivity index (χ2n) is 3.53. The third-order valence-electron chi connectivity index (χ3n) is 2.61. The summed E-state index contributed by atoms with van der Waals surface area (Å²) in [6, 6.07) is 7.54. The first kappa shape index (κ1) is 8.23. The van der Waals surface area contributed by atoms with E-state index in [-0.39, 0.29) is 5.56 Å². The lowest BCUT2D eigenvalue weighted by molar-refractivity contribution is 0.799. The van der Waals surface area contributed by atoms with E-state index in [0.29, 0.717) is 5.39 Å². The summed E-state index contributed by atoms with van der Waals surface area (Å²) in [4.78, 5) is 14.5. The SMILES string of the molecule is Cn1ncc2[nH]c(=O)c3ccccc3c21. The van der Waals surface area contributed by atoms with Crippen molar-refractivity contribution in [1.82, 2.24) is 14.8 Å². The van der Waals surface area contributed by atoms with Gasteiger partial charge in [-0.2, -0.15) is 5.10 Å². The molecule has 0 aliphatic rings. The Bertz CT molecular complexity index is 708. The Labute approximate surface area is 85.1 Å². The van der Waals surface area contributed by atoms with Crippen LogP contribution in [0.5, 0.6) is 0 Å². The van der Waals surface area contributed by atoms with Gasteiger partial charge in [-0.05, 0) is 6.07 Å². The maximum Gasteiger partial charge on any atom is 0.256 e. The highest BCUT2D eigenvalue weighted by Crippen LogP contribution is 2.19. The van der Waals surface area contributed by atoms with Gasteiger partial charge in [0.2, 0.25) is 0 Å². The van der Waals surface area contributed by atoms with Gasteiger partial charge < -0.3 is 4.98 Å². The number of aryl methyl sites for hydroxylation is 1. The number of hydrogen-bond donors (Lipinski definition) is 1. The minimum absolute atomic E-state index is 0.0638. The predicted octanol–water partition coefficient (Wildman–Crippen LogP) is 1.41. The van der Waals surface area contributed by atoms with Crippen LogP contribution in [0.15, 0.2) is 35.3 Å². The molecular formula is C11H9N3O. The molecule has 1 N–H and O–H groups in total. The number of nitrogens with one attached hydrogen (secondary N) is 1. The molecule has 0 fully saturated rings. The molecule has 0 atom stereocenters. The molecule has 0 aliphatic heterocycles. The second kappa shape index (κ2) is 2.70. The Hall–Kier alpha value is -2.10. The quantitative estimate of drug-likeness (QED) is 0.595. The van der Waals surface area contributed by atoms with E-state index in [1.165, 1.54) is 0 Å². The maximum absolute atomic E-state index is 11.7. The van der Waals surface area contributed by atoms with Gasteiger partial charge in [0, 0.05) is 17.8 Å². The number of fused-ring (bicyclic) bond motifs is 3. The van der Waals surface area contributed by atoms with Crippen molar-refractivity contribution in [2.75, 3.05) is 0 Å². The van der Waals surface area contributed by atoms with Gasteiger partial charge >= 0.3 is 0 Å². The molecule has 3 aromatic rings. The van der Waals surface area contributed by atoms with Crippen LogP contribution in [0.4, 0.5) is 0 Å². The van der Waals surface area contributed by atoms with Crippen molar-refractivity contribution in [1.29, 1.82) is 0 Å². The Morgan fingerprint density at radius 1 is 1.27 bits per heavy atom. The lowest BCUT2D eigenvalue weighted by atomic mass is 10.1. The van der Waals surface area contributed by atoms with E-state index in [0.717, 1.165) is 16.4 Å². The Morgan fingerprint density at radius 2 is 2.00 bits per heavy atom. The van der Waals surface area contributed by atoms with Gasteiger partial charge in [0.15, 0.2) is 0 Å². The summed E-state index contributed by atoms with van der Waals surface area (Å²) in [5, 5.41) is 5.78. The van der Waals surface area contributed by atoms with Crippen LogP contribution in [0, 0.1) is 0 Å². The number of benzene rings is 1. The largest absolute Gasteiger partial charge is 0.319 e. The van der Waals surface area contributed by atoms with Crippen LogP contribution in [-0.4, -0.2) is 14.8 Å². The molecule has 15 heavy (non-hydrogen) atoms. The van der Waals surface area contributed by atoms with E-state index in [4.69, 9.17) is 0 Å². The molecule has 0 aliphatic carbocycles. The van der Waals surface area contributed by atoms with Gasteiger partial charge in [-0.3, -0.25) is 9.48 Å². The van der Waals surface area contributed by atoms with E-state index in [2.05, 4.69) is 10.1 Å². The monoisotopic (exact) mass is 199 g/mol. The zero-order chi connectivity index (χ0) is 10.4. The Balaban J connectivity index is 2.74. The molecule has 74 valence electrons. The first-order valence-electron chi connectivity index (χ1n) is 4.70. The number of pyridine rings is 1.